The van der Waals surface area contributed by atoms with Gasteiger partial charge >= 0.3 is 5.97 Å². The van der Waals surface area contributed by atoms with Crippen molar-refractivity contribution in [2.45, 2.75) is 12.1 Å². The maximum Gasteiger partial charge on any atom is 0.322 e. The van der Waals surface area contributed by atoms with Crippen LogP contribution in [0.4, 0.5) is 0 Å². The zero-order valence-corrected chi connectivity index (χ0v) is 17.4. The van der Waals surface area contributed by atoms with Crippen LogP contribution in [0.25, 0.3) is 0 Å². The monoisotopic (exact) mass is 477 g/mol. The van der Waals surface area contributed by atoms with Crippen molar-refractivity contribution in [2.24, 2.45) is 5.73 Å². The van der Waals surface area contributed by atoms with Crippen molar-refractivity contribution in [1.29, 1.82) is 0 Å². The van der Waals surface area contributed by atoms with Crippen LogP contribution < -0.4 is 37.6 Å². The van der Waals surface area contributed by atoms with E-state index in [9.17, 15) is 43.8 Å². The summed E-state index contributed by atoms with van der Waals surface area (Å²) in [6.45, 7) is -4.47. The fourth-order valence-corrected chi connectivity index (χ4v) is 1.93. The van der Waals surface area contributed by atoms with Gasteiger partial charge in [0.25, 0.3) is 0 Å². The van der Waals surface area contributed by atoms with Crippen molar-refractivity contribution in [2.75, 3.05) is 45.9 Å². The first-order chi connectivity index (χ1) is 15.5. The second-order valence-corrected chi connectivity index (χ2v) is 6.19. The van der Waals surface area contributed by atoms with Crippen LogP contribution in [0.2, 0.25) is 0 Å². The number of aliphatic hydroxyl groups is 2. The summed E-state index contributed by atoms with van der Waals surface area (Å²) < 4.78 is 0. The average molecular weight is 477 g/mol. The van der Waals surface area contributed by atoms with Crippen LogP contribution in [-0.4, -0.2) is 115 Å². The molecule has 0 heterocycles. The summed E-state index contributed by atoms with van der Waals surface area (Å²) in [6.07, 6.45) is 0. The van der Waals surface area contributed by atoms with E-state index in [1.54, 1.807) is 0 Å². The highest BCUT2D eigenvalue weighted by Gasteiger charge is 2.26. The van der Waals surface area contributed by atoms with Gasteiger partial charge < -0.3 is 53.0 Å². The molecule has 0 fully saturated rings. The fourth-order valence-electron chi connectivity index (χ4n) is 1.93. The molecule has 0 saturated carbocycles. The molecule has 0 aliphatic heterocycles. The zero-order valence-electron chi connectivity index (χ0n) is 17.4. The third kappa shape index (κ3) is 13.2. The van der Waals surface area contributed by atoms with E-state index in [-0.39, 0.29) is 6.54 Å². The number of amides is 6. The Balaban J connectivity index is 4.53. The lowest BCUT2D eigenvalue weighted by molar-refractivity contribution is -0.138. The predicted octanol–water partition coefficient (Wildman–Crippen LogP) is -7.55. The summed E-state index contributed by atoms with van der Waals surface area (Å²) in [5.74, 6) is -6.37. The van der Waals surface area contributed by atoms with E-state index in [0.29, 0.717) is 0 Å². The van der Waals surface area contributed by atoms with E-state index in [1.807, 2.05) is 5.32 Å². The van der Waals surface area contributed by atoms with E-state index in [0.717, 1.165) is 0 Å². The van der Waals surface area contributed by atoms with E-state index in [2.05, 4.69) is 26.6 Å². The molecule has 0 radical (unpaired) electrons. The average Bonchev–Trinajstić information content (AvgIpc) is 2.79. The standard InChI is InChI=1S/C16H27N7O10/c17-1-10(26)18-4-13(29)22-9(7-25)16(33)23-8(6-24)15(32)21-3-12(28)19-2-11(27)20-5-14(30)31/h8-9,24-25H,1-7,17H2,(H,18,26)(H,19,28)(H,20,27)(H,21,32)(H,22,29)(H,23,33)(H,30,31)/t8-,9-/m0/s1. The Morgan fingerprint density at radius 3 is 1.58 bits per heavy atom. The number of carboxylic acids is 1. The molecule has 0 aromatic carbocycles. The molecule has 2 atom stereocenters. The van der Waals surface area contributed by atoms with Crippen molar-refractivity contribution in [1.82, 2.24) is 31.9 Å². The van der Waals surface area contributed by atoms with Crippen LogP contribution in [0.1, 0.15) is 0 Å². The molecular formula is C16H27N7O10. The smallest absolute Gasteiger partial charge is 0.322 e. The van der Waals surface area contributed by atoms with Crippen LogP contribution >= 0.6 is 0 Å². The number of nitrogens with one attached hydrogen (secondary N) is 6. The number of carbonyl (C=O) groups is 7. The number of hydrogen-bond donors (Lipinski definition) is 10. The molecule has 17 heteroatoms. The molecule has 6 amide bonds. The zero-order chi connectivity index (χ0) is 25.4. The quantitative estimate of drug-likeness (QED) is 0.106. The molecule has 0 spiro atoms. The van der Waals surface area contributed by atoms with Gasteiger partial charge in [0, 0.05) is 0 Å². The normalized spacial score (nSPS) is 11.8. The number of carbonyl (C=O) groups excluding carboxylic acids is 6. The van der Waals surface area contributed by atoms with Gasteiger partial charge in [0.05, 0.1) is 39.4 Å². The van der Waals surface area contributed by atoms with Gasteiger partial charge in [-0.05, 0) is 0 Å². The van der Waals surface area contributed by atoms with Crippen LogP contribution in [0.5, 0.6) is 0 Å². The molecular weight excluding hydrogens is 450 g/mol. The molecule has 0 aromatic rings. The minimum atomic E-state index is -1.55. The molecule has 0 unspecified atom stereocenters. The molecule has 186 valence electrons. The number of aliphatic carboxylic acids is 1. The lowest BCUT2D eigenvalue weighted by Crippen LogP contribution is -2.57. The minimum absolute atomic E-state index is 0.361. The first-order valence-electron chi connectivity index (χ1n) is 9.35. The van der Waals surface area contributed by atoms with Gasteiger partial charge in [-0.3, -0.25) is 33.6 Å². The van der Waals surface area contributed by atoms with Crippen LogP contribution in [-0.2, 0) is 33.6 Å². The molecule has 0 saturated heterocycles. The van der Waals surface area contributed by atoms with Gasteiger partial charge in [0.1, 0.15) is 18.6 Å². The highest BCUT2D eigenvalue weighted by atomic mass is 16.4. The predicted molar refractivity (Wildman–Crippen MR) is 107 cm³/mol. The Bertz CT molecular complexity index is 745. The molecule has 11 N–H and O–H groups in total. The van der Waals surface area contributed by atoms with Crippen molar-refractivity contribution < 1.29 is 48.9 Å². The number of nitrogens with two attached hydrogens (primary N) is 1. The van der Waals surface area contributed by atoms with Crippen molar-refractivity contribution in [3.8, 4) is 0 Å². The summed E-state index contributed by atoms with van der Waals surface area (Å²) in [6, 6.07) is -3.06. The van der Waals surface area contributed by atoms with Gasteiger partial charge in [-0.15, -0.1) is 0 Å². The summed E-state index contributed by atoms with van der Waals surface area (Å²) in [5, 5.41) is 39.5. The van der Waals surface area contributed by atoms with Crippen molar-refractivity contribution in [3.05, 3.63) is 0 Å². The Morgan fingerprint density at radius 1 is 0.606 bits per heavy atom. The number of hydrogen-bond acceptors (Lipinski definition) is 10. The molecule has 0 aromatic heterocycles. The lowest BCUT2D eigenvalue weighted by atomic mass is 10.2. The lowest BCUT2D eigenvalue weighted by Gasteiger charge is -2.20. The molecule has 0 bridgehead atoms. The van der Waals surface area contributed by atoms with E-state index < -0.39 is 92.9 Å². The van der Waals surface area contributed by atoms with Crippen LogP contribution in [0, 0.1) is 0 Å². The number of carboxylic acid groups (broad SMARTS) is 1. The Labute approximate surface area is 186 Å². The van der Waals surface area contributed by atoms with Crippen molar-refractivity contribution >= 4 is 41.4 Å². The van der Waals surface area contributed by atoms with Crippen LogP contribution in [0.3, 0.4) is 0 Å². The SMILES string of the molecule is NCC(=O)NCC(=O)N[C@@H](CO)C(=O)N[C@@H](CO)C(=O)NCC(=O)NCC(=O)NCC(=O)O. The second-order valence-electron chi connectivity index (χ2n) is 6.19. The van der Waals surface area contributed by atoms with E-state index in [4.69, 9.17) is 10.8 Å². The van der Waals surface area contributed by atoms with E-state index in [1.165, 1.54) is 0 Å². The van der Waals surface area contributed by atoms with Gasteiger partial charge in [-0.2, -0.15) is 0 Å². The molecule has 0 aliphatic rings. The highest BCUT2D eigenvalue weighted by Crippen LogP contribution is 1.89. The fraction of sp³-hybridized carbons (Fsp3) is 0.562. The molecule has 0 rings (SSSR count). The molecule has 0 aliphatic carbocycles. The van der Waals surface area contributed by atoms with E-state index >= 15 is 0 Å². The molecule has 33 heavy (non-hydrogen) atoms. The first kappa shape index (κ1) is 29.2. The van der Waals surface area contributed by atoms with Gasteiger partial charge in [-0.1, -0.05) is 0 Å². The summed E-state index contributed by atoms with van der Waals surface area (Å²) in [7, 11) is 0. The minimum Gasteiger partial charge on any atom is -0.480 e. The second kappa shape index (κ2) is 15.9. The topological polar surface area (TPSA) is 278 Å². The molecule has 17 nitrogen and oxygen atoms in total. The van der Waals surface area contributed by atoms with Gasteiger partial charge in [0.2, 0.25) is 35.4 Å². The third-order valence-electron chi connectivity index (χ3n) is 3.59. The first-order valence-corrected chi connectivity index (χ1v) is 9.35. The Kier molecular flexibility index (Phi) is 14.1. The Morgan fingerprint density at radius 2 is 1.06 bits per heavy atom. The van der Waals surface area contributed by atoms with Gasteiger partial charge in [-0.25, -0.2) is 0 Å². The summed E-state index contributed by atoms with van der Waals surface area (Å²) >= 11 is 0. The van der Waals surface area contributed by atoms with Crippen LogP contribution in [0.15, 0.2) is 0 Å². The largest absolute Gasteiger partial charge is 0.480 e. The third-order valence-corrected chi connectivity index (χ3v) is 3.59. The number of rotatable bonds is 15. The highest BCUT2D eigenvalue weighted by molar-refractivity contribution is 5.94. The maximum absolute atomic E-state index is 12.2. The van der Waals surface area contributed by atoms with Crippen molar-refractivity contribution in [3.63, 3.8) is 0 Å². The summed E-state index contributed by atoms with van der Waals surface area (Å²) in [5.41, 5.74) is 5.06. The summed E-state index contributed by atoms with van der Waals surface area (Å²) in [4.78, 5) is 80.2. The Hall–Kier alpha value is -3.83. The maximum atomic E-state index is 12.2. The van der Waals surface area contributed by atoms with Gasteiger partial charge in [0.15, 0.2) is 0 Å². The number of aliphatic hydroxyl groups excluding tert-OH is 2.